The minimum absolute atomic E-state index is 0.224. The van der Waals surface area contributed by atoms with Crippen LogP contribution in [-0.4, -0.2) is 39.6 Å². The number of carbonyl (C=O) groups excluding carboxylic acids is 1. The van der Waals surface area contributed by atoms with Gasteiger partial charge in [0.05, 0.1) is 18.8 Å². The van der Waals surface area contributed by atoms with Gasteiger partial charge in [-0.25, -0.2) is 4.57 Å². The average Bonchev–Trinajstić information content (AvgIpc) is 3.02. The topological polar surface area (TPSA) is 116 Å². The number of hydrogen-bond acceptors (Lipinski definition) is 4. The number of aliphatic hydroxyl groups excluding tert-OH is 1. The fourth-order valence-electron chi connectivity index (χ4n) is 5.99. The van der Waals surface area contributed by atoms with Gasteiger partial charge in [0.15, 0.2) is 0 Å². The van der Waals surface area contributed by atoms with Gasteiger partial charge in [-0.3, -0.25) is 9.32 Å². The van der Waals surface area contributed by atoms with Crippen molar-refractivity contribution in [2.45, 2.75) is 219 Å². The van der Waals surface area contributed by atoms with Crippen LogP contribution in [0.3, 0.4) is 0 Å². The molecule has 274 valence electrons. The molecule has 0 aliphatic rings. The molecule has 0 heterocycles. The van der Waals surface area contributed by atoms with Gasteiger partial charge in [-0.1, -0.05) is 193 Å². The summed E-state index contributed by atoms with van der Waals surface area (Å²) >= 11 is 0. The zero-order chi connectivity index (χ0) is 34.0. The number of phosphoric acid groups is 1. The third kappa shape index (κ3) is 34.6. The van der Waals surface area contributed by atoms with E-state index in [1.54, 1.807) is 6.08 Å². The minimum atomic E-state index is -4.71. The Morgan fingerprint density at radius 3 is 1.33 bits per heavy atom. The number of hydrogen-bond donors (Lipinski definition) is 4. The molecule has 0 saturated carbocycles. The maximum absolute atomic E-state index is 12.5. The van der Waals surface area contributed by atoms with Gasteiger partial charge < -0.3 is 20.2 Å². The van der Waals surface area contributed by atoms with E-state index in [4.69, 9.17) is 9.79 Å². The van der Waals surface area contributed by atoms with Gasteiger partial charge in [0, 0.05) is 6.42 Å². The van der Waals surface area contributed by atoms with Gasteiger partial charge in [0.2, 0.25) is 5.91 Å². The van der Waals surface area contributed by atoms with Crippen LogP contribution in [0.15, 0.2) is 12.2 Å². The number of amides is 1. The molecule has 0 radical (unpaired) electrons. The van der Waals surface area contributed by atoms with Gasteiger partial charge in [0.25, 0.3) is 0 Å². The van der Waals surface area contributed by atoms with Crippen LogP contribution in [-0.2, 0) is 13.9 Å². The fraction of sp³-hybridized carbons (Fsp3) is 0.921. The first kappa shape index (κ1) is 45.3. The molecule has 4 N–H and O–H groups in total. The maximum Gasteiger partial charge on any atom is 0.469 e. The van der Waals surface area contributed by atoms with Gasteiger partial charge in [-0.05, 0) is 19.3 Å². The second-order valence-corrected chi connectivity index (χ2v) is 14.8. The quantitative estimate of drug-likeness (QED) is 0.0299. The van der Waals surface area contributed by atoms with Crippen molar-refractivity contribution in [2.75, 3.05) is 6.61 Å². The van der Waals surface area contributed by atoms with E-state index in [2.05, 4.69) is 23.7 Å². The monoisotopic (exact) mass is 674 g/mol. The molecule has 0 aromatic carbocycles. The van der Waals surface area contributed by atoms with Crippen LogP contribution in [0.1, 0.15) is 206 Å². The van der Waals surface area contributed by atoms with E-state index >= 15 is 0 Å². The van der Waals surface area contributed by atoms with Crippen molar-refractivity contribution in [1.82, 2.24) is 5.32 Å². The molecule has 0 fully saturated rings. The number of aliphatic hydroxyl groups is 1. The Morgan fingerprint density at radius 2 is 0.957 bits per heavy atom. The van der Waals surface area contributed by atoms with Gasteiger partial charge in [-0.2, -0.15) is 0 Å². The van der Waals surface area contributed by atoms with Crippen molar-refractivity contribution in [3.05, 3.63) is 12.2 Å². The molecule has 0 aliphatic carbocycles. The molecule has 0 saturated heterocycles. The van der Waals surface area contributed by atoms with Gasteiger partial charge in [0.1, 0.15) is 0 Å². The Labute approximate surface area is 284 Å². The molecule has 8 heteroatoms. The summed E-state index contributed by atoms with van der Waals surface area (Å²) in [5.74, 6) is -0.224. The summed E-state index contributed by atoms with van der Waals surface area (Å²) in [5.41, 5.74) is 0. The van der Waals surface area contributed by atoms with Crippen molar-refractivity contribution < 1.29 is 28.8 Å². The lowest BCUT2D eigenvalue weighted by atomic mass is 10.0. The van der Waals surface area contributed by atoms with Crippen LogP contribution in [0.2, 0.25) is 0 Å². The fourth-order valence-corrected chi connectivity index (χ4v) is 6.34. The van der Waals surface area contributed by atoms with E-state index in [9.17, 15) is 14.5 Å². The summed E-state index contributed by atoms with van der Waals surface area (Å²) in [6, 6.07) is -0.903. The van der Waals surface area contributed by atoms with Crippen LogP contribution >= 0.6 is 7.82 Å². The summed E-state index contributed by atoms with van der Waals surface area (Å²) in [5, 5.41) is 13.4. The third-order valence-corrected chi connectivity index (χ3v) is 9.48. The Kier molecular flexibility index (Phi) is 33.6. The molecule has 0 aromatic heterocycles. The number of rotatable bonds is 36. The first-order valence-corrected chi connectivity index (χ1v) is 21.2. The predicted molar refractivity (Wildman–Crippen MR) is 195 cm³/mol. The Hall–Kier alpha value is -0.720. The lowest BCUT2D eigenvalue weighted by Gasteiger charge is -2.22. The number of carbonyl (C=O) groups is 1. The SMILES string of the molecule is CCCCCCCCCCCCCC/C=C/[C@@H](O)[C@H](COP(=O)(O)O)NC(=O)CCCCCCCCCCCCCCCCCC. The molecular weight excluding hydrogens is 597 g/mol. The van der Waals surface area contributed by atoms with Crippen molar-refractivity contribution >= 4 is 13.7 Å². The van der Waals surface area contributed by atoms with Crippen molar-refractivity contribution in [3.8, 4) is 0 Å². The Balaban J connectivity index is 3.98. The highest BCUT2D eigenvalue weighted by molar-refractivity contribution is 7.46. The van der Waals surface area contributed by atoms with E-state index in [-0.39, 0.29) is 5.91 Å². The zero-order valence-electron chi connectivity index (χ0n) is 30.2. The van der Waals surface area contributed by atoms with Crippen LogP contribution in [0.5, 0.6) is 0 Å². The van der Waals surface area contributed by atoms with Crippen molar-refractivity contribution in [3.63, 3.8) is 0 Å². The van der Waals surface area contributed by atoms with E-state index in [1.165, 1.54) is 148 Å². The maximum atomic E-state index is 12.5. The van der Waals surface area contributed by atoms with E-state index in [0.717, 1.165) is 38.5 Å². The number of nitrogens with one attached hydrogen (secondary N) is 1. The normalized spacial score (nSPS) is 13.4. The predicted octanol–water partition coefficient (Wildman–Crippen LogP) is 11.2. The molecule has 7 nitrogen and oxygen atoms in total. The van der Waals surface area contributed by atoms with Gasteiger partial charge in [-0.15, -0.1) is 0 Å². The summed E-state index contributed by atoms with van der Waals surface area (Å²) < 4.78 is 15.9. The molecular formula is C38H76NO6P. The van der Waals surface area contributed by atoms with Crippen LogP contribution in [0, 0.1) is 0 Å². The van der Waals surface area contributed by atoms with Crippen LogP contribution in [0.4, 0.5) is 0 Å². The number of phosphoric ester groups is 1. The summed E-state index contributed by atoms with van der Waals surface area (Å²) in [6.07, 6.45) is 39.4. The Bertz CT molecular complexity index is 728. The van der Waals surface area contributed by atoms with Crippen molar-refractivity contribution in [2.24, 2.45) is 0 Å². The van der Waals surface area contributed by atoms with Crippen LogP contribution < -0.4 is 5.32 Å². The molecule has 0 bridgehead atoms. The first-order chi connectivity index (χ1) is 22.3. The second kappa shape index (κ2) is 34.2. The second-order valence-electron chi connectivity index (χ2n) is 13.6. The lowest BCUT2D eigenvalue weighted by Crippen LogP contribution is -2.45. The third-order valence-electron chi connectivity index (χ3n) is 9.00. The van der Waals surface area contributed by atoms with Crippen molar-refractivity contribution in [1.29, 1.82) is 0 Å². The summed E-state index contributed by atoms with van der Waals surface area (Å²) in [6.45, 7) is 4.07. The molecule has 0 rings (SSSR count). The molecule has 2 atom stereocenters. The largest absolute Gasteiger partial charge is 0.469 e. The lowest BCUT2D eigenvalue weighted by molar-refractivity contribution is -0.123. The zero-order valence-corrected chi connectivity index (χ0v) is 31.1. The highest BCUT2D eigenvalue weighted by Gasteiger charge is 2.24. The number of unbranched alkanes of at least 4 members (excludes halogenated alkanes) is 27. The minimum Gasteiger partial charge on any atom is -0.387 e. The van der Waals surface area contributed by atoms with E-state index < -0.39 is 26.6 Å². The highest BCUT2D eigenvalue weighted by atomic mass is 31.2. The number of allylic oxidation sites excluding steroid dienone is 1. The van der Waals surface area contributed by atoms with E-state index in [0.29, 0.717) is 6.42 Å². The summed E-state index contributed by atoms with van der Waals surface area (Å²) in [7, 11) is -4.71. The van der Waals surface area contributed by atoms with Crippen LogP contribution in [0.25, 0.3) is 0 Å². The molecule has 0 spiro atoms. The highest BCUT2D eigenvalue weighted by Crippen LogP contribution is 2.35. The molecule has 0 aliphatic heterocycles. The molecule has 46 heavy (non-hydrogen) atoms. The molecule has 1 amide bonds. The molecule has 0 unspecified atom stereocenters. The first-order valence-electron chi connectivity index (χ1n) is 19.6. The average molecular weight is 674 g/mol. The smallest absolute Gasteiger partial charge is 0.387 e. The molecule has 0 aromatic rings. The van der Waals surface area contributed by atoms with Gasteiger partial charge >= 0.3 is 7.82 Å². The van der Waals surface area contributed by atoms with E-state index in [1.807, 2.05) is 6.08 Å². The summed E-state index contributed by atoms with van der Waals surface area (Å²) in [4.78, 5) is 30.8. The Morgan fingerprint density at radius 1 is 0.609 bits per heavy atom. The standard InChI is InChI=1S/C38H76NO6P/c1-3-5-7-9-11-13-15-17-19-20-22-24-26-28-30-32-34-38(41)39-36(35-45-46(42,43)44)37(40)33-31-29-27-25-23-21-18-16-14-12-10-8-6-4-2/h31,33,36-37,40H,3-30,32,34-35H2,1-2H3,(H,39,41)(H2,42,43,44)/b33-31+/t36-,37+/m0/s1.